The molecule has 0 unspecified atom stereocenters. The van der Waals surface area contributed by atoms with Crippen molar-refractivity contribution in [2.24, 2.45) is 5.10 Å². The summed E-state index contributed by atoms with van der Waals surface area (Å²) in [5, 5.41) is 6.67. The fraction of sp³-hybridized carbons (Fsp3) is 0.286. The van der Waals surface area contributed by atoms with E-state index in [-0.39, 0.29) is 18.9 Å². The summed E-state index contributed by atoms with van der Waals surface area (Å²) in [4.78, 5) is 24.0. The van der Waals surface area contributed by atoms with Gasteiger partial charge in [0, 0.05) is 0 Å². The molecular weight excluding hydrogens is 358 g/mol. The lowest BCUT2D eigenvalue weighted by atomic mass is 10.0. The Morgan fingerprint density at radius 2 is 1.75 bits per heavy atom. The molecule has 2 amide bonds. The molecule has 0 aliphatic carbocycles. The monoisotopic (exact) mass is 383 g/mol. The minimum absolute atomic E-state index is 0.0312. The smallest absolute Gasteiger partial charge is 0.407 e. The molecule has 7 heteroatoms. The first-order valence-corrected chi connectivity index (χ1v) is 9.15. The maximum atomic E-state index is 12.3. The van der Waals surface area contributed by atoms with Crippen LogP contribution in [-0.2, 0) is 9.53 Å². The molecule has 0 bridgehead atoms. The second-order valence-corrected chi connectivity index (χ2v) is 5.83. The van der Waals surface area contributed by atoms with Crippen molar-refractivity contribution >= 4 is 18.2 Å². The Balaban J connectivity index is 1.94. The topological polar surface area (TPSA) is 89.0 Å². The summed E-state index contributed by atoms with van der Waals surface area (Å²) in [6, 6.07) is 16.1. The molecule has 2 aromatic rings. The van der Waals surface area contributed by atoms with Crippen LogP contribution in [0.3, 0.4) is 0 Å². The predicted octanol–water partition coefficient (Wildman–Crippen LogP) is 3.41. The normalized spacial score (nSPS) is 11.6. The highest BCUT2D eigenvalue weighted by atomic mass is 16.5. The number of nitrogens with zero attached hydrogens (tertiary/aromatic N) is 1. The van der Waals surface area contributed by atoms with Crippen molar-refractivity contribution in [3.8, 4) is 5.75 Å². The number of carbonyl (C=O) groups is 2. The quantitative estimate of drug-likeness (QED) is 0.513. The van der Waals surface area contributed by atoms with Crippen molar-refractivity contribution in [2.75, 3.05) is 13.2 Å². The number of hydrogen-bond acceptors (Lipinski definition) is 5. The molecular formula is C21H25N3O4. The maximum absolute atomic E-state index is 12.3. The van der Waals surface area contributed by atoms with E-state index in [0.29, 0.717) is 6.61 Å². The number of carbonyl (C=O) groups excluding carboxylic acids is 2. The van der Waals surface area contributed by atoms with Gasteiger partial charge >= 0.3 is 6.09 Å². The molecule has 2 N–H and O–H groups in total. The molecule has 0 saturated heterocycles. The third-order valence-electron chi connectivity index (χ3n) is 3.75. The summed E-state index contributed by atoms with van der Waals surface area (Å²) in [6.07, 6.45) is 1.01. The Morgan fingerprint density at radius 3 is 2.39 bits per heavy atom. The van der Waals surface area contributed by atoms with E-state index in [2.05, 4.69) is 15.8 Å². The molecule has 0 radical (unpaired) electrons. The molecule has 28 heavy (non-hydrogen) atoms. The number of ether oxygens (including phenoxy) is 2. The van der Waals surface area contributed by atoms with Gasteiger partial charge in [-0.15, -0.1) is 0 Å². The van der Waals surface area contributed by atoms with Crippen molar-refractivity contribution < 1.29 is 19.1 Å². The fourth-order valence-corrected chi connectivity index (χ4v) is 2.48. The summed E-state index contributed by atoms with van der Waals surface area (Å²) < 4.78 is 10.3. The summed E-state index contributed by atoms with van der Waals surface area (Å²) in [5.41, 5.74) is 4.12. The van der Waals surface area contributed by atoms with Gasteiger partial charge in [0.05, 0.1) is 31.9 Å². The first kappa shape index (κ1) is 21.0. The summed E-state index contributed by atoms with van der Waals surface area (Å²) >= 11 is 0. The van der Waals surface area contributed by atoms with E-state index in [0.717, 1.165) is 16.9 Å². The number of hydrogen-bond donors (Lipinski definition) is 2. The highest BCUT2D eigenvalue weighted by molar-refractivity contribution is 5.83. The van der Waals surface area contributed by atoms with Gasteiger partial charge in [-0.1, -0.05) is 30.3 Å². The third-order valence-corrected chi connectivity index (χ3v) is 3.75. The van der Waals surface area contributed by atoms with Crippen molar-refractivity contribution in [3.63, 3.8) is 0 Å². The van der Waals surface area contributed by atoms with Gasteiger partial charge in [0.1, 0.15) is 5.75 Å². The molecule has 148 valence electrons. The van der Waals surface area contributed by atoms with E-state index in [4.69, 9.17) is 9.47 Å². The van der Waals surface area contributed by atoms with Gasteiger partial charge in [-0.2, -0.15) is 5.10 Å². The lowest BCUT2D eigenvalue weighted by Crippen LogP contribution is -2.33. The second-order valence-electron chi connectivity index (χ2n) is 5.83. The first-order chi connectivity index (χ1) is 13.6. The SMILES string of the molecule is CCOC(=O)N[C@H](CC(=O)N/N=C\c1ccc(OCC)cc1)c1ccccc1. The minimum atomic E-state index is -0.568. The van der Waals surface area contributed by atoms with Crippen LogP contribution in [0, 0.1) is 0 Å². The van der Waals surface area contributed by atoms with Crippen LogP contribution >= 0.6 is 0 Å². The van der Waals surface area contributed by atoms with Gasteiger partial charge in [-0.05, 0) is 49.2 Å². The molecule has 0 aliphatic rings. The van der Waals surface area contributed by atoms with Crippen molar-refractivity contribution in [1.29, 1.82) is 0 Å². The zero-order valence-electron chi connectivity index (χ0n) is 16.1. The van der Waals surface area contributed by atoms with Crippen LogP contribution < -0.4 is 15.5 Å². The Labute approximate surface area is 164 Å². The third kappa shape index (κ3) is 7.11. The number of amides is 2. The molecule has 0 spiro atoms. The molecule has 2 rings (SSSR count). The second kappa shape index (κ2) is 11.4. The van der Waals surface area contributed by atoms with Gasteiger partial charge in [0.2, 0.25) is 5.91 Å². The van der Waals surface area contributed by atoms with Crippen LogP contribution in [0.25, 0.3) is 0 Å². The minimum Gasteiger partial charge on any atom is -0.494 e. The van der Waals surface area contributed by atoms with Crippen LogP contribution in [0.4, 0.5) is 4.79 Å². The predicted molar refractivity (Wildman–Crippen MR) is 107 cm³/mol. The van der Waals surface area contributed by atoms with Crippen LogP contribution in [0.15, 0.2) is 59.7 Å². The van der Waals surface area contributed by atoms with E-state index in [9.17, 15) is 9.59 Å². The van der Waals surface area contributed by atoms with Crippen molar-refractivity contribution in [1.82, 2.24) is 10.7 Å². The fourth-order valence-electron chi connectivity index (χ4n) is 2.48. The van der Waals surface area contributed by atoms with E-state index >= 15 is 0 Å². The van der Waals surface area contributed by atoms with Crippen molar-refractivity contribution in [2.45, 2.75) is 26.3 Å². The van der Waals surface area contributed by atoms with Crippen LogP contribution in [0.1, 0.15) is 37.4 Å². The molecule has 7 nitrogen and oxygen atoms in total. The van der Waals surface area contributed by atoms with Gasteiger partial charge in [0.15, 0.2) is 0 Å². The summed E-state index contributed by atoms with van der Waals surface area (Å²) in [5.74, 6) is 0.451. The van der Waals surface area contributed by atoms with Crippen LogP contribution in [0.2, 0.25) is 0 Å². The molecule has 0 saturated carbocycles. The van der Waals surface area contributed by atoms with Crippen LogP contribution in [0.5, 0.6) is 5.75 Å². The standard InChI is InChI=1S/C21H25N3O4/c1-3-27-18-12-10-16(11-13-18)15-22-24-20(25)14-19(23-21(26)28-4-2)17-8-6-5-7-9-17/h5-13,15,19H,3-4,14H2,1-2H3,(H,23,26)(H,24,25)/b22-15-/t19-/m1/s1. The number of alkyl carbamates (subject to hydrolysis) is 1. The highest BCUT2D eigenvalue weighted by Gasteiger charge is 2.18. The Bertz CT molecular complexity index is 776. The Kier molecular flexibility index (Phi) is 8.52. The molecule has 1 atom stereocenters. The van der Waals surface area contributed by atoms with E-state index < -0.39 is 12.1 Å². The Morgan fingerprint density at radius 1 is 1.04 bits per heavy atom. The van der Waals surface area contributed by atoms with E-state index in [1.165, 1.54) is 0 Å². The average Bonchev–Trinajstić information content (AvgIpc) is 2.70. The average molecular weight is 383 g/mol. The van der Waals surface area contributed by atoms with Gasteiger partial charge in [-0.25, -0.2) is 10.2 Å². The van der Waals surface area contributed by atoms with E-state index in [1.807, 2.05) is 61.5 Å². The van der Waals surface area contributed by atoms with E-state index in [1.54, 1.807) is 13.1 Å². The van der Waals surface area contributed by atoms with Gasteiger partial charge in [-0.3, -0.25) is 4.79 Å². The van der Waals surface area contributed by atoms with Gasteiger partial charge < -0.3 is 14.8 Å². The molecule has 0 fully saturated rings. The van der Waals surface area contributed by atoms with Gasteiger partial charge in [0.25, 0.3) is 0 Å². The maximum Gasteiger partial charge on any atom is 0.407 e. The first-order valence-electron chi connectivity index (χ1n) is 9.15. The largest absolute Gasteiger partial charge is 0.494 e. The number of benzene rings is 2. The number of rotatable bonds is 9. The zero-order valence-corrected chi connectivity index (χ0v) is 16.1. The van der Waals surface area contributed by atoms with Crippen molar-refractivity contribution in [3.05, 3.63) is 65.7 Å². The summed E-state index contributed by atoms with van der Waals surface area (Å²) in [7, 11) is 0. The lowest BCUT2D eigenvalue weighted by Gasteiger charge is -2.18. The molecule has 0 aromatic heterocycles. The molecule has 2 aromatic carbocycles. The lowest BCUT2D eigenvalue weighted by molar-refractivity contribution is -0.121. The molecule has 0 aliphatic heterocycles. The Hall–Kier alpha value is -3.35. The van der Waals surface area contributed by atoms with Crippen LogP contribution in [-0.4, -0.2) is 31.4 Å². The number of nitrogens with one attached hydrogen (secondary N) is 2. The zero-order chi connectivity index (χ0) is 20.2. The number of hydrazone groups is 1. The summed E-state index contributed by atoms with van der Waals surface area (Å²) in [6.45, 7) is 4.50. The highest BCUT2D eigenvalue weighted by Crippen LogP contribution is 2.16. The molecule has 0 heterocycles.